The van der Waals surface area contributed by atoms with Gasteiger partial charge in [-0.3, -0.25) is 9.59 Å². The lowest BCUT2D eigenvalue weighted by atomic mass is 10.2. The van der Waals surface area contributed by atoms with Gasteiger partial charge >= 0.3 is 0 Å². The fourth-order valence-corrected chi connectivity index (χ4v) is 1.72. The van der Waals surface area contributed by atoms with Crippen molar-refractivity contribution < 1.29 is 14.7 Å². The van der Waals surface area contributed by atoms with Crippen LogP contribution in [0.3, 0.4) is 0 Å². The van der Waals surface area contributed by atoms with Crippen molar-refractivity contribution in [3.8, 4) is 0 Å². The average Bonchev–Trinajstić information content (AvgIpc) is 2.21. The van der Waals surface area contributed by atoms with Crippen LogP contribution in [0.1, 0.15) is 26.7 Å². The van der Waals surface area contributed by atoms with Crippen LogP contribution in [0.15, 0.2) is 0 Å². The van der Waals surface area contributed by atoms with Gasteiger partial charge in [-0.05, 0) is 19.8 Å². The van der Waals surface area contributed by atoms with Gasteiger partial charge in [0.25, 0.3) is 0 Å². The third kappa shape index (κ3) is 3.48. The monoisotopic (exact) mass is 228 g/mol. The predicted molar refractivity (Wildman–Crippen MR) is 59.7 cm³/mol. The van der Waals surface area contributed by atoms with Crippen molar-refractivity contribution in [1.82, 2.24) is 9.80 Å². The first kappa shape index (κ1) is 13.0. The van der Waals surface area contributed by atoms with Gasteiger partial charge in [0, 0.05) is 13.1 Å². The molecule has 2 amide bonds. The first-order chi connectivity index (χ1) is 7.54. The summed E-state index contributed by atoms with van der Waals surface area (Å²) in [5.41, 5.74) is 0. The van der Waals surface area contributed by atoms with Gasteiger partial charge in [-0.1, -0.05) is 6.92 Å². The van der Waals surface area contributed by atoms with Crippen LogP contribution in [0.2, 0.25) is 0 Å². The van der Waals surface area contributed by atoms with Crippen molar-refractivity contribution in [3.63, 3.8) is 0 Å². The summed E-state index contributed by atoms with van der Waals surface area (Å²) in [5.74, 6) is -0.0132. The van der Waals surface area contributed by atoms with Crippen LogP contribution in [-0.2, 0) is 9.59 Å². The summed E-state index contributed by atoms with van der Waals surface area (Å²) in [6.45, 7) is 5.12. The Morgan fingerprint density at radius 2 is 1.69 bits per heavy atom. The zero-order chi connectivity index (χ0) is 12.1. The van der Waals surface area contributed by atoms with E-state index in [1.807, 2.05) is 6.92 Å². The number of aliphatic hydroxyl groups is 1. The standard InChI is InChI=1S/C11H20N2O3/c1-3-5-12-7-11(16)13(8-10(12)15)6-4-9(2)14/h9,14H,3-8H2,1-2H3. The fraction of sp³-hybridized carbons (Fsp3) is 0.818. The number of carbonyl (C=O) groups excluding carboxylic acids is 2. The van der Waals surface area contributed by atoms with Crippen molar-refractivity contribution >= 4 is 11.8 Å². The van der Waals surface area contributed by atoms with Crippen LogP contribution < -0.4 is 0 Å². The normalized spacial score (nSPS) is 19.2. The Morgan fingerprint density at radius 1 is 1.19 bits per heavy atom. The Labute approximate surface area is 96.0 Å². The van der Waals surface area contributed by atoms with Crippen LogP contribution in [-0.4, -0.2) is 59.0 Å². The Morgan fingerprint density at radius 3 is 2.12 bits per heavy atom. The number of rotatable bonds is 5. The van der Waals surface area contributed by atoms with Gasteiger partial charge < -0.3 is 14.9 Å². The molecule has 0 aromatic heterocycles. The maximum absolute atomic E-state index is 11.7. The van der Waals surface area contributed by atoms with E-state index in [1.165, 1.54) is 4.90 Å². The molecule has 1 fully saturated rings. The summed E-state index contributed by atoms with van der Waals surface area (Å²) in [4.78, 5) is 26.5. The molecule has 0 spiro atoms. The number of hydrogen-bond donors (Lipinski definition) is 1. The molecule has 0 aromatic carbocycles. The SMILES string of the molecule is CCCN1CC(=O)N(CCC(C)O)CC1=O. The van der Waals surface area contributed by atoms with Crippen LogP contribution in [0.5, 0.6) is 0 Å². The number of carbonyl (C=O) groups is 2. The maximum Gasteiger partial charge on any atom is 0.242 e. The first-order valence-corrected chi connectivity index (χ1v) is 5.78. The Bertz CT molecular complexity index is 266. The van der Waals surface area contributed by atoms with Crippen molar-refractivity contribution in [1.29, 1.82) is 0 Å². The molecule has 1 aliphatic rings. The number of piperazine rings is 1. The smallest absolute Gasteiger partial charge is 0.242 e. The van der Waals surface area contributed by atoms with E-state index in [1.54, 1.807) is 11.8 Å². The highest BCUT2D eigenvalue weighted by Crippen LogP contribution is 2.07. The quantitative estimate of drug-likeness (QED) is 0.711. The van der Waals surface area contributed by atoms with Gasteiger partial charge in [0.05, 0.1) is 19.2 Å². The fourth-order valence-electron chi connectivity index (χ4n) is 1.72. The Hall–Kier alpha value is -1.10. The number of amides is 2. The molecule has 5 nitrogen and oxygen atoms in total. The second-order valence-electron chi connectivity index (χ2n) is 4.27. The lowest BCUT2D eigenvalue weighted by molar-refractivity contribution is -0.150. The van der Waals surface area contributed by atoms with Crippen LogP contribution >= 0.6 is 0 Å². The second kappa shape index (κ2) is 5.84. The minimum absolute atomic E-state index is 0.00652. The van der Waals surface area contributed by atoms with E-state index in [0.29, 0.717) is 19.5 Å². The molecule has 1 rings (SSSR count). The third-order valence-corrected chi connectivity index (χ3v) is 2.67. The second-order valence-corrected chi connectivity index (χ2v) is 4.27. The zero-order valence-corrected chi connectivity index (χ0v) is 9.98. The van der Waals surface area contributed by atoms with Gasteiger partial charge in [-0.25, -0.2) is 0 Å². The topological polar surface area (TPSA) is 60.9 Å². The summed E-state index contributed by atoms with van der Waals surface area (Å²) >= 11 is 0. The largest absolute Gasteiger partial charge is 0.393 e. The van der Waals surface area contributed by atoms with Crippen LogP contribution in [0.4, 0.5) is 0 Å². The van der Waals surface area contributed by atoms with Crippen molar-refractivity contribution in [2.24, 2.45) is 0 Å². The molecule has 1 heterocycles. The lowest BCUT2D eigenvalue weighted by Gasteiger charge is -2.34. The molecule has 0 bridgehead atoms. The molecule has 5 heteroatoms. The molecule has 0 saturated carbocycles. The van der Waals surface area contributed by atoms with Crippen molar-refractivity contribution in [2.75, 3.05) is 26.2 Å². The number of nitrogens with zero attached hydrogens (tertiary/aromatic N) is 2. The van der Waals surface area contributed by atoms with Gasteiger partial charge in [0.2, 0.25) is 11.8 Å². The summed E-state index contributed by atoms with van der Waals surface area (Å²) in [5, 5.41) is 9.14. The molecule has 1 atom stereocenters. The predicted octanol–water partition coefficient (Wildman–Crippen LogP) is -0.162. The number of aliphatic hydroxyl groups excluding tert-OH is 1. The van der Waals surface area contributed by atoms with E-state index in [4.69, 9.17) is 5.11 Å². The van der Waals surface area contributed by atoms with E-state index in [0.717, 1.165) is 6.42 Å². The van der Waals surface area contributed by atoms with E-state index >= 15 is 0 Å². The van der Waals surface area contributed by atoms with Crippen molar-refractivity contribution in [3.05, 3.63) is 0 Å². The summed E-state index contributed by atoms with van der Waals surface area (Å²) in [7, 11) is 0. The molecule has 0 aliphatic carbocycles. The molecule has 0 radical (unpaired) electrons. The molecule has 92 valence electrons. The minimum atomic E-state index is -0.434. The summed E-state index contributed by atoms with van der Waals surface area (Å²) in [6.07, 6.45) is 0.955. The maximum atomic E-state index is 11.7. The minimum Gasteiger partial charge on any atom is -0.393 e. The lowest BCUT2D eigenvalue weighted by Crippen LogP contribution is -2.54. The summed E-state index contributed by atoms with van der Waals surface area (Å²) in [6, 6.07) is 0. The zero-order valence-electron chi connectivity index (χ0n) is 9.98. The molecule has 16 heavy (non-hydrogen) atoms. The molecular weight excluding hydrogens is 208 g/mol. The van der Waals surface area contributed by atoms with Gasteiger partial charge in [0.15, 0.2) is 0 Å². The van der Waals surface area contributed by atoms with Gasteiger partial charge in [0.1, 0.15) is 0 Å². The highest BCUT2D eigenvalue weighted by atomic mass is 16.3. The summed E-state index contributed by atoms with van der Waals surface area (Å²) < 4.78 is 0. The Kier molecular flexibility index (Phi) is 4.73. The molecular formula is C11H20N2O3. The molecule has 1 saturated heterocycles. The third-order valence-electron chi connectivity index (χ3n) is 2.67. The molecule has 1 N–H and O–H groups in total. The molecule has 1 aliphatic heterocycles. The van der Waals surface area contributed by atoms with E-state index < -0.39 is 6.10 Å². The molecule has 0 aromatic rings. The first-order valence-electron chi connectivity index (χ1n) is 5.78. The van der Waals surface area contributed by atoms with Crippen LogP contribution in [0, 0.1) is 0 Å². The van der Waals surface area contributed by atoms with Crippen molar-refractivity contribution in [2.45, 2.75) is 32.8 Å². The van der Waals surface area contributed by atoms with E-state index in [-0.39, 0.29) is 24.9 Å². The van der Waals surface area contributed by atoms with Crippen LogP contribution in [0.25, 0.3) is 0 Å². The van der Waals surface area contributed by atoms with E-state index in [9.17, 15) is 9.59 Å². The van der Waals surface area contributed by atoms with Gasteiger partial charge in [-0.15, -0.1) is 0 Å². The van der Waals surface area contributed by atoms with Gasteiger partial charge in [-0.2, -0.15) is 0 Å². The average molecular weight is 228 g/mol. The molecule has 1 unspecified atom stereocenters. The number of hydrogen-bond acceptors (Lipinski definition) is 3. The van der Waals surface area contributed by atoms with E-state index in [2.05, 4.69) is 0 Å². The highest BCUT2D eigenvalue weighted by molar-refractivity contribution is 5.92. The Balaban J connectivity index is 2.47. The highest BCUT2D eigenvalue weighted by Gasteiger charge is 2.28.